The molecule has 0 spiro atoms. The summed E-state index contributed by atoms with van der Waals surface area (Å²) in [5.74, 6) is 1.13. The number of hydrogen-bond donors (Lipinski definition) is 0. The largest absolute Gasteiger partial charge is 0.494 e. The van der Waals surface area contributed by atoms with Gasteiger partial charge in [-0.15, -0.1) is 0 Å². The molecule has 5 nitrogen and oxygen atoms in total. The fourth-order valence-electron chi connectivity index (χ4n) is 1.99. The Morgan fingerprint density at radius 2 is 1.95 bits per heavy atom. The predicted octanol–water partition coefficient (Wildman–Crippen LogP) is 2.54. The summed E-state index contributed by atoms with van der Waals surface area (Å²) >= 11 is 0. The predicted molar refractivity (Wildman–Crippen MR) is 75.5 cm³/mol. The minimum atomic E-state index is -0.107. The summed E-state index contributed by atoms with van der Waals surface area (Å²) in [5, 5.41) is 4.15. The second kappa shape index (κ2) is 6.23. The number of carbonyl (C=O) groups excluding carboxylic acids is 1. The summed E-state index contributed by atoms with van der Waals surface area (Å²) in [6.07, 6.45) is 1.56. The molecule has 0 aliphatic heterocycles. The molecule has 5 heteroatoms. The van der Waals surface area contributed by atoms with Gasteiger partial charge in [0.2, 0.25) is 5.78 Å². The van der Waals surface area contributed by atoms with Gasteiger partial charge in [-0.2, -0.15) is 5.10 Å². The first kappa shape index (κ1) is 14.1. The van der Waals surface area contributed by atoms with Crippen LogP contribution in [0.5, 0.6) is 11.5 Å². The third kappa shape index (κ3) is 2.66. The number of aryl methyl sites for hydroxylation is 1. The van der Waals surface area contributed by atoms with Crippen LogP contribution in [-0.2, 0) is 6.54 Å². The van der Waals surface area contributed by atoms with Gasteiger partial charge >= 0.3 is 0 Å². The van der Waals surface area contributed by atoms with Crippen LogP contribution in [0.3, 0.4) is 0 Å². The topological polar surface area (TPSA) is 53.4 Å². The van der Waals surface area contributed by atoms with Gasteiger partial charge in [-0.3, -0.25) is 9.48 Å². The molecule has 0 radical (unpaired) electrons. The maximum Gasteiger partial charge on any atom is 0.214 e. The highest BCUT2D eigenvalue weighted by Crippen LogP contribution is 2.22. The Kier molecular flexibility index (Phi) is 4.40. The van der Waals surface area contributed by atoms with E-state index in [0.717, 1.165) is 5.75 Å². The fourth-order valence-corrected chi connectivity index (χ4v) is 1.99. The summed E-state index contributed by atoms with van der Waals surface area (Å²) < 4.78 is 12.2. The van der Waals surface area contributed by atoms with Gasteiger partial charge in [0.15, 0.2) is 11.4 Å². The van der Waals surface area contributed by atoms with Crippen molar-refractivity contribution in [3.63, 3.8) is 0 Å². The molecule has 0 amide bonds. The Labute approximate surface area is 118 Å². The zero-order chi connectivity index (χ0) is 14.5. The van der Waals surface area contributed by atoms with Gasteiger partial charge in [0.25, 0.3) is 0 Å². The lowest BCUT2D eigenvalue weighted by atomic mass is 10.1. The van der Waals surface area contributed by atoms with Gasteiger partial charge < -0.3 is 9.47 Å². The normalized spacial score (nSPS) is 10.3. The monoisotopic (exact) mass is 274 g/mol. The van der Waals surface area contributed by atoms with Crippen LogP contribution in [0.25, 0.3) is 0 Å². The van der Waals surface area contributed by atoms with E-state index in [0.29, 0.717) is 30.2 Å². The van der Waals surface area contributed by atoms with Crippen molar-refractivity contribution in [1.82, 2.24) is 9.78 Å². The number of carbonyl (C=O) groups is 1. The zero-order valence-corrected chi connectivity index (χ0v) is 11.9. The van der Waals surface area contributed by atoms with Crippen LogP contribution >= 0.6 is 0 Å². The first-order chi connectivity index (χ1) is 9.71. The number of rotatable bonds is 6. The van der Waals surface area contributed by atoms with Crippen molar-refractivity contribution in [2.45, 2.75) is 20.4 Å². The van der Waals surface area contributed by atoms with E-state index in [1.807, 2.05) is 13.8 Å². The number of methoxy groups -OCH3 is 1. The lowest BCUT2D eigenvalue weighted by molar-refractivity contribution is 0.102. The van der Waals surface area contributed by atoms with Crippen LogP contribution in [0, 0.1) is 0 Å². The highest BCUT2D eigenvalue weighted by atomic mass is 16.5. The van der Waals surface area contributed by atoms with E-state index in [1.165, 1.54) is 7.11 Å². The van der Waals surface area contributed by atoms with Crippen molar-refractivity contribution in [3.8, 4) is 11.5 Å². The molecule has 1 aromatic heterocycles. The van der Waals surface area contributed by atoms with Crippen LogP contribution in [0.2, 0.25) is 0 Å². The highest BCUT2D eigenvalue weighted by molar-refractivity contribution is 6.09. The Bertz CT molecular complexity index is 566. The number of ether oxygens (including phenoxy) is 2. The maximum atomic E-state index is 12.6. The second-order valence-electron chi connectivity index (χ2n) is 4.16. The number of hydrogen-bond acceptors (Lipinski definition) is 4. The van der Waals surface area contributed by atoms with E-state index >= 15 is 0 Å². The molecule has 1 aromatic carbocycles. The van der Waals surface area contributed by atoms with Crippen molar-refractivity contribution in [3.05, 3.63) is 41.7 Å². The molecule has 0 saturated carbocycles. The first-order valence-electron chi connectivity index (χ1n) is 6.58. The lowest BCUT2D eigenvalue weighted by Crippen LogP contribution is -2.11. The highest BCUT2D eigenvalue weighted by Gasteiger charge is 2.20. The molecule has 0 N–H and O–H groups in total. The molecule has 2 aromatic rings. The third-order valence-corrected chi connectivity index (χ3v) is 2.97. The molecule has 0 aliphatic carbocycles. The van der Waals surface area contributed by atoms with Gasteiger partial charge in [-0.1, -0.05) is 0 Å². The summed E-state index contributed by atoms with van der Waals surface area (Å²) in [6, 6.07) is 7.07. The van der Waals surface area contributed by atoms with Crippen LogP contribution in [-0.4, -0.2) is 29.3 Å². The third-order valence-electron chi connectivity index (χ3n) is 2.97. The standard InChI is InChI=1S/C15H18N2O3/c1-4-17-14(13(19-3)10-16-17)15(18)11-6-8-12(9-7-11)20-5-2/h6-10H,4-5H2,1-3H3. The van der Waals surface area contributed by atoms with Crippen molar-refractivity contribution in [2.24, 2.45) is 0 Å². The van der Waals surface area contributed by atoms with E-state index in [2.05, 4.69) is 5.10 Å². The molecular weight excluding hydrogens is 256 g/mol. The van der Waals surface area contributed by atoms with Crippen LogP contribution in [0.15, 0.2) is 30.5 Å². The average molecular weight is 274 g/mol. The fraction of sp³-hybridized carbons (Fsp3) is 0.333. The number of benzene rings is 1. The minimum absolute atomic E-state index is 0.107. The van der Waals surface area contributed by atoms with Gasteiger partial charge in [-0.25, -0.2) is 0 Å². The van der Waals surface area contributed by atoms with E-state index in [-0.39, 0.29) is 5.78 Å². The number of aromatic nitrogens is 2. The summed E-state index contributed by atoms with van der Waals surface area (Å²) in [5.41, 5.74) is 1.06. The SMILES string of the molecule is CCOc1ccc(C(=O)c2c(OC)cnn2CC)cc1. The van der Waals surface area contributed by atoms with E-state index in [1.54, 1.807) is 35.1 Å². The lowest BCUT2D eigenvalue weighted by Gasteiger charge is -2.07. The summed E-state index contributed by atoms with van der Waals surface area (Å²) in [4.78, 5) is 12.6. The Hall–Kier alpha value is -2.30. The molecular formula is C15H18N2O3. The van der Waals surface area contributed by atoms with E-state index in [4.69, 9.17) is 9.47 Å². The quantitative estimate of drug-likeness (QED) is 0.760. The van der Waals surface area contributed by atoms with E-state index in [9.17, 15) is 4.79 Å². The molecule has 1 heterocycles. The van der Waals surface area contributed by atoms with Gasteiger partial charge in [0.1, 0.15) is 5.75 Å². The second-order valence-corrected chi connectivity index (χ2v) is 4.16. The molecule has 0 bridgehead atoms. The Balaban J connectivity index is 2.33. The van der Waals surface area contributed by atoms with Crippen LogP contribution in [0.4, 0.5) is 0 Å². The van der Waals surface area contributed by atoms with Crippen LogP contribution in [0.1, 0.15) is 29.9 Å². The first-order valence-corrected chi connectivity index (χ1v) is 6.58. The smallest absolute Gasteiger partial charge is 0.214 e. The van der Waals surface area contributed by atoms with Crippen molar-refractivity contribution in [1.29, 1.82) is 0 Å². The molecule has 106 valence electrons. The Morgan fingerprint density at radius 1 is 1.25 bits per heavy atom. The van der Waals surface area contributed by atoms with Crippen LogP contribution < -0.4 is 9.47 Å². The van der Waals surface area contributed by atoms with E-state index < -0.39 is 0 Å². The molecule has 0 atom stereocenters. The molecule has 0 aliphatic rings. The van der Waals surface area contributed by atoms with Gasteiger partial charge in [0.05, 0.1) is 19.9 Å². The number of ketones is 1. The summed E-state index contributed by atoms with van der Waals surface area (Å²) in [7, 11) is 1.53. The van der Waals surface area contributed by atoms with Crippen molar-refractivity contribution >= 4 is 5.78 Å². The average Bonchev–Trinajstić information content (AvgIpc) is 2.90. The van der Waals surface area contributed by atoms with Gasteiger partial charge in [-0.05, 0) is 38.1 Å². The Morgan fingerprint density at radius 3 is 2.50 bits per heavy atom. The number of nitrogens with zero attached hydrogens (tertiary/aromatic N) is 2. The minimum Gasteiger partial charge on any atom is -0.494 e. The van der Waals surface area contributed by atoms with Crippen molar-refractivity contribution in [2.75, 3.05) is 13.7 Å². The van der Waals surface area contributed by atoms with Crippen molar-refractivity contribution < 1.29 is 14.3 Å². The molecule has 0 saturated heterocycles. The molecule has 0 fully saturated rings. The molecule has 20 heavy (non-hydrogen) atoms. The van der Waals surface area contributed by atoms with Gasteiger partial charge in [0, 0.05) is 12.1 Å². The summed E-state index contributed by atoms with van der Waals surface area (Å²) in [6.45, 7) is 5.07. The molecule has 0 unspecified atom stereocenters. The molecule has 2 rings (SSSR count). The maximum absolute atomic E-state index is 12.6. The zero-order valence-electron chi connectivity index (χ0n) is 11.9.